The van der Waals surface area contributed by atoms with E-state index in [4.69, 9.17) is 14.2 Å². The smallest absolute Gasteiger partial charge is 0.161 e. The normalized spacial score (nSPS) is 17.9. The second kappa shape index (κ2) is 11.4. The number of benzene rings is 1. The quantitative estimate of drug-likeness (QED) is 0.637. The molecule has 2 aromatic rings. The fraction of sp³-hybridized carbons (Fsp3) is 0.560. The summed E-state index contributed by atoms with van der Waals surface area (Å²) in [7, 11) is 1.69. The van der Waals surface area contributed by atoms with Crippen LogP contribution in [-0.2, 0) is 11.3 Å². The Morgan fingerprint density at radius 3 is 2.56 bits per heavy atom. The minimum absolute atomic E-state index is 0.488. The van der Waals surface area contributed by atoms with Gasteiger partial charge in [0.1, 0.15) is 5.82 Å². The zero-order valence-corrected chi connectivity index (χ0v) is 19.4. The van der Waals surface area contributed by atoms with E-state index in [0.717, 1.165) is 88.2 Å². The number of aromatic nitrogens is 1. The van der Waals surface area contributed by atoms with E-state index in [0.29, 0.717) is 12.6 Å². The van der Waals surface area contributed by atoms with Gasteiger partial charge >= 0.3 is 0 Å². The van der Waals surface area contributed by atoms with E-state index < -0.39 is 0 Å². The number of rotatable bonds is 9. The molecule has 0 amide bonds. The third-order valence-electron chi connectivity index (χ3n) is 6.14. The highest BCUT2D eigenvalue weighted by Crippen LogP contribution is 2.29. The number of nitrogens with one attached hydrogen (secondary N) is 1. The van der Waals surface area contributed by atoms with Crippen molar-refractivity contribution < 1.29 is 14.2 Å². The van der Waals surface area contributed by atoms with Gasteiger partial charge in [-0.25, -0.2) is 4.98 Å². The van der Waals surface area contributed by atoms with Crippen LogP contribution < -0.4 is 19.7 Å². The summed E-state index contributed by atoms with van der Waals surface area (Å²) >= 11 is 0. The summed E-state index contributed by atoms with van der Waals surface area (Å²) < 4.78 is 16.7. The predicted molar refractivity (Wildman–Crippen MR) is 128 cm³/mol. The Balaban J connectivity index is 1.25. The predicted octanol–water partition coefficient (Wildman–Crippen LogP) is 3.79. The van der Waals surface area contributed by atoms with Crippen LogP contribution in [0.25, 0.3) is 0 Å². The molecule has 2 fully saturated rings. The van der Waals surface area contributed by atoms with Gasteiger partial charge in [0, 0.05) is 38.8 Å². The molecule has 174 valence electrons. The fourth-order valence-corrected chi connectivity index (χ4v) is 4.32. The summed E-state index contributed by atoms with van der Waals surface area (Å²) in [5.74, 6) is 2.69. The van der Waals surface area contributed by atoms with Gasteiger partial charge in [-0.2, -0.15) is 0 Å². The van der Waals surface area contributed by atoms with E-state index in [1.54, 1.807) is 7.11 Å². The highest BCUT2D eigenvalue weighted by atomic mass is 16.5. The van der Waals surface area contributed by atoms with Crippen molar-refractivity contribution in [2.24, 2.45) is 0 Å². The van der Waals surface area contributed by atoms with Crippen molar-refractivity contribution in [2.75, 3.05) is 63.3 Å². The van der Waals surface area contributed by atoms with Gasteiger partial charge in [-0.3, -0.25) is 4.90 Å². The van der Waals surface area contributed by atoms with Gasteiger partial charge in [0.05, 0.1) is 38.8 Å². The lowest BCUT2D eigenvalue weighted by molar-refractivity contribution is 0.122. The molecule has 4 rings (SSSR count). The van der Waals surface area contributed by atoms with Crippen molar-refractivity contribution in [1.82, 2.24) is 9.88 Å². The maximum Gasteiger partial charge on any atom is 0.161 e. The molecular formula is C25H36N4O3. The summed E-state index contributed by atoms with van der Waals surface area (Å²) in [6.07, 6.45) is 5.20. The van der Waals surface area contributed by atoms with E-state index >= 15 is 0 Å². The van der Waals surface area contributed by atoms with Crippen molar-refractivity contribution in [3.63, 3.8) is 0 Å². The van der Waals surface area contributed by atoms with E-state index in [2.05, 4.69) is 51.3 Å². The molecule has 0 radical (unpaired) electrons. The number of pyridine rings is 1. The topological polar surface area (TPSA) is 59.1 Å². The zero-order valence-electron chi connectivity index (χ0n) is 19.4. The summed E-state index contributed by atoms with van der Waals surface area (Å²) in [6.45, 7) is 9.31. The minimum atomic E-state index is 0.488. The monoisotopic (exact) mass is 440 g/mol. The minimum Gasteiger partial charge on any atom is -0.493 e. The van der Waals surface area contributed by atoms with Gasteiger partial charge in [-0.15, -0.1) is 0 Å². The van der Waals surface area contributed by atoms with Crippen LogP contribution in [0.5, 0.6) is 11.5 Å². The average molecular weight is 441 g/mol. The summed E-state index contributed by atoms with van der Waals surface area (Å²) in [6, 6.07) is 11.0. The number of ether oxygens (including phenoxy) is 3. The first kappa shape index (κ1) is 22.7. The number of hydrogen-bond donors (Lipinski definition) is 1. The molecule has 1 aromatic heterocycles. The number of nitrogens with zero attached hydrogens (tertiary/aromatic N) is 3. The third-order valence-corrected chi connectivity index (χ3v) is 6.14. The Bertz CT molecular complexity index is 832. The van der Waals surface area contributed by atoms with Gasteiger partial charge in [-0.1, -0.05) is 13.0 Å². The van der Waals surface area contributed by atoms with Gasteiger partial charge in [-0.05, 0) is 49.1 Å². The molecule has 7 nitrogen and oxygen atoms in total. The van der Waals surface area contributed by atoms with Crippen LogP contribution in [0.1, 0.15) is 31.7 Å². The molecule has 0 atom stereocenters. The summed E-state index contributed by atoms with van der Waals surface area (Å²) in [5.41, 5.74) is 2.37. The number of piperidine rings is 1. The molecule has 2 aliphatic heterocycles. The average Bonchev–Trinajstić information content (AvgIpc) is 2.85. The Labute approximate surface area is 191 Å². The van der Waals surface area contributed by atoms with Crippen molar-refractivity contribution in [3.05, 3.63) is 42.1 Å². The molecule has 1 aromatic carbocycles. The standard InChI is InChI=1S/C25H36N4O3/c1-3-14-32-24-17-20(4-6-23(24)30-2)19-28-10-8-21(9-11-28)27-22-5-7-25(26-18-22)29-12-15-31-16-13-29/h4-7,17-18,21,27H,3,8-16,19H2,1-2H3. The molecule has 0 bridgehead atoms. The lowest BCUT2D eigenvalue weighted by atomic mass is 10.0. The van der Waals surface area contributed by atoms with Gasteiger partial charge in [0.2, 0.25) is 0 Å². The second-order valence-corrected chi connectivity index (χ2v) is 8.53. The van der Waals surface area contributed by atoms with Crippen LogP contribution in [-0.4, -0.2) is 69.0 Å². The molecule has 7 heteroatoms. The molecule has 0 aliphatic carbocycles. The van der Waals surface area contributed by atoms with Crippen molar-refractivity contribution >= 4 is 11.5 Å². The van der Waals surface area contributed by atoms with Gasteiger partial charge < -0.3 is 24.4 Å². The maximum absolute atomic E-state index is 5.87. The Morgan fingerprint density at radius 1 is 1.06 bits per heavy atom. The highest BCUT2D eigenvalue weighted by molar-refractivity contribution is 5.49. The third kappa shape index (κ3) is 6.04. The number of anilines is 2. The van der Waals surface area contributed by atoms with Crippen LogP contribution in [0.15, 0.2) is 36.5 Å². The van der Waals surface area contributed by atoms with Crippen LogP contribution in [0.3, 0.4) is 0 Å². The van der Waals surface area contributed by atoms with Gasteiger partial charge in [0.25, 0.3) is 0 Å². The number of likely N-dealkylation sites (tertiary alicyclic amines) is 1. The first-order valence-electron chi connectivity index (χ1n) is 11.8. The number of hydrogen-bond acceptors (Lipinski definition) is 7. The maximum atomic E-state index is 5.87. The lowest BCUT2D eigenvalue weighted by Gasteiger charge is -2.33. The highest BCUT2D eigenvalue weighted by Gasteiger charge is 2.20. The van der Waals surface area contributed by atoms with Gasteiger partial charge in [0.15, 0.2) is 11.5 Å². The van der Waals surface area contributed by atoms with Crippen LogP contribution >= 0.6 is 0 Å². The number of morpholine rings is 1. The SMILES string of the molecule is CCCOc1cc(CN2CCC(Nc3ccc(N4CCOCC4)nc3)CC2)ccc1OC. The zero-order chi connectivity index (χ0) is 22.2. The molecular weight excluding hydrogens is 404 g/mol. The van der Waals surface area contributed by atoms with Crippen molar-refractivity contribution in [2.45, 2.75) is 38.8 Å². The summed E-state index contributed by atoms with van der Waals surface area (Å²) in [4.78, 5) is 9.46. The van der Waals surface area contributed by atoms with Crippen molar-refractivity contribution in [1.29, 1.82) is 0 Å². The molecule has 2 saturated heterocycles. The van der Waals surface area contributed by atoms with Crippen molar-refractivity contribution in [3.8, 4) is 11.5 Å². The molecule has 0 spiro atoms. The first-order valence-corrected chi connectivity index (χ1v) is 11.8. The van der Waals surface area contributed by atoms with E-state index in [9.17, 15) is 0 Å². The summed E-state index contributed by atoms with van der Waals surface area (Å²) in [5, 5.41) is 3.67. The van der Waals surface area contributed by atoms with E-state index in [-0.39, 0.29) is 0 Å². The van der Waals surface area contributed by atoms with Crippen LogP contribution in [0.4, 0.5) is 11.5 Å². The molecule has 0 saturated carbocycles. The van der Waals surface area contributed by atoms with E-state index in [1.165, 1.54) is 5.56 Å². The van der Waals surface area contributed by atoms with Crippen LogP contribution in [0.2, 0.25) is 0 Å². The fourth-order valence-electron chi connectivity index (χ4n) is 4.32. The second-order valence-electron chi connectivity index (χ2n) is 8.53. The molecule has 32 heavy (non-hydrogen) atoms. The first-order chi connectivity index (χ1) is 15.7. The largest absolute Gasteiger partial charge is 0.493 e. The Morgan fingerprint density at radius 2 is 1.88 bits per heavy atom. The molecule has 0 unspecified atom stereocenters. The Hall–Kier alpha value is -2.51. The Kier molecular flexibility index (Phi) is 8.07. The number of methoxy groups -OCH3 is 1. The van der Waals surface area contributed by atoms with Crippen LogP contribution in [0, 0.1) is 0 Å². The molecule has 1 N–H and O–H groups in total. The molecule has 2 aliphatic rings. The van der Waals surface area contributed by atoms with E-state index in [1.807, 2.05) is 12.3 Å². The molecule has 3 heterocycles. The lowest BCUT2D eigenvalue weighted by Crippen LogP contribution is -2.38.